The van der Waals surface area contributed by atoms with Gasteiger partial charge in [-0.25, -0.2) is 0 Å². The van der Waals surface area contributed by atoms with E-state index in [2.05, 4.69) is 0 Å². The van der Waals surface area contributed by atoms with Gasteiger partial charge in [-0.15, -0.1) is 0 Å². The van der Waals surface area contributed by atoms with Crippen molar-refractivity contribution in [3.05, 3.63) is 0 Å². The van der Waals surface area contributed by atoms with Crippen molar-refractivity contribution in [2.45, 2.75) is 0 Å². The van der Waals surface area contributed by atoms with Crippen LogP contribution in [0.25, 0.3) is 0 Å². The molecule has 0 saturated carbocycles. The van der Waals surface area contributed by atoms with E-state index in [0.29, 0.717) is 0 Å². The van der Waals surface area contributed by atoms with Crippen LogP contribution in [-0.2, 0) is 54.0 Å². The molecule has 0 heterocycles. The van der Waals surface area contributed by atoms with Crippen LogP contribution in [0.1, 0.15) is 0 Å². The third-order valence-corrected chi connectivity index (χ3v) is 0. The zero-order valence-corrected chi connectivity index (χ0v) is 6.89. The molecule has 0 unspecified atom stereocenters. The van der Waals surface area contributed by atoms with Gasteiger partial charge in [-0.05, 0) is 0 Å². The fourth-order valence-corrected chi connectivity index (χ4v) is 0. The summed E-state index contributed by atoms with van der Waals surface area (Å²) in [4.78, 5) is 25.6. The summed E-state index contributed by atoms with van der Waals surface area (Å²) in [6.07, 6.45) is 0. The van der Waals surface area contributed by atoms with Crippen LogP contribution in [0.3, 0.4) is 0 Å². The Bertz CT molecular complexity index is 57.4. The maximum atomic E-state index is 8.55. The molecule has 0 aliphatic carbocycles. The summed E-state index contributed by atoms with van der Waals surface area (Å²) in [5.41, 5.74) is 0. The van der Waals surface area contributed by atoms with Crippen molar-refractivity contribution in [2.24, 2.45) is 0 Å². The summed E-state index contributed by atoms with van der Waals surface area (Å²) < 4.78 is 8.55. The molecule has 0 atom stereocenters. The van der Waals surface area contributed by atoms with E-state index in [9.17, 15) is 0 Å². The molecule has 0 rings (SSSR count). The summed E-state index contributed by atoms with van der Waals surface area (Å²) in [5, 5.41) is 0. The van der Waals surface area contributed by atoms with Crippen LogP contribution < -0.4 is 14.7 Å². The molecule has 0 aliphatic heterocycles. The van der Waals surface area contributed by atoms with E-state index in [4.69, 9.17) is 19.2 Å². The predicted molar refractivity (Wildman–Crippen MR) is 7.61 cm³/mol. The zero-order chi connectivity index (χ0) is 4.50. The quantitative estimate of drug-likeness (QED) is 0.351. The van der Waals surface area contributed by atoms with Gasteiger partial charge in [0, 0.05) is 0 Å². The van der Waals surface area contributed by atoms with E-state index in [1.165, 1.54) is 0 Å². The van der Waals surface area contributed by atoms with Gasteiger partial charge >= 0.3 is 49.5 Å². The van der Waals surface area contributed by atoms with Gasteiger partial charge in [-0.2, -0.15) is 7.82 Å². The smallest absolute Gasteiger partial charge is 0.822 e. The second-order valence-electron chi connectivity index (χ2n) is 0.447. The third kappa shape index (κ3) is 130. The maximum Gasteiger partial charge on any atom is 1.00 e. The zero-order valence-electron chi connectivity index (χ0n) is 3.03. The van der Waals surface area contributed by atoms with Gasteiger partial charge in [-0.3, -0.25) is 0 Å². The normalized spacial score (nSPS) is 7.38. The number of rotatable bonds is 0. The summed E-state index contributed by atoms with van der Waals surface area (Å²) in [6, 6.07) is 0. The fourth-order valence-electron chi connectivity index (χ4n) is 0. The van der Waals surface area contributed by atoms with E-state index in [1.807, 2.05) is 0 Å². The molecule has 0 aromatic rings. The molecule has 0 spiro atoms. The molecule has 0 fully saturated rings. The molecular weight excluding hydrogens is 271 g/mol. The number of hydrogen-bond acceptors (Lipinski definition) is 4. The average Bonchev–Trinajstić information content (AvgIpc) is 0.722. The summed E-state index contributed by atoms with van der Waals surface area (Å²) in [5.74, 6) is 0. The topological polar surface area (TPSA) is 86.2 Å². The third-order valence-electron chi connectivity index (χ3n) is 0. The Balaban J connectivity index is -0.0000000267. The summed E-state index contributed by atoms with van der Waals surface area (Å²) in [6.45, 7) is 0. The first kappa shape index (κ1) is 22.6. The Hall–Kier alpha value is 1.59. The van der Waals surface area contributed by atoms with Gasteiger partial charge in [0.25, 0.3) is 0 Å². The molecule has 59 valence electrons. The minimum Gasteiger partial charge on any atom is -0.822 e. The van der Waals surface area contributed by atoms with Gasteiger partial charge in [0.05, 0.1) is 0 Å². The van der Waals surface area contributed by atoms with Gasteiger partial charge in [-0.1, -0.05) is 0 Å². The predicted octanol–water partition coefficient (Wildman–Crippen LogP) is -2.83. The molecule has 0 bridgehead atoms. The molecule has 3 radical (unpaired) electrons. The van der Waals surface area contributed by atoms with E-state index < -0.39 is 7.82 Å². The Morgan fingerprint density at radius 3 is 0.875 bits per heavy atom. The van der Waals surface area contributed by atoms with Crippen LogP contribution in [0, 0.1) is 0 Å². The van der Waals surface area contributed by atoms with Crippen LogP contribution in [-0.4, -0.2) is 0 Å². The number of hydrogen-bond donors (Lipinski definition) is 0. The summed E-state index contributed by atoms with van der Waals surface area (Å²) in [7, 11) is -5.39. The van der Waals surface area contributed by atoms with E-state index in [0.717, 1.165) is 0 Å². The Labute approximate surface area is 76.4 Å². The monoisotopic (exact) mass is 269 g/mol. The molecular formula is Ni3O4P. The molecule has 0 aliphatic rings. The van der Waals surface area contributed by atoms with Crippen LogP contribution >= 0.6 is 7.82 Å². The van der Waals surface area contributed by atoms with Crippen LogP contribution in [0.2, 0.25) is 0 Å². The minimum absolute atomic E-state index is 0. The largest absolute Gasteiger partial charge is 1.00 e. The molecule has 4 nitrogen and oxygen atoms in total. The Kier molecular flexibility index (Phi) is 24.3. The molecule has 0 aromatic heterocycles. The molecule has 8 heteroatoms. The van der Waals surface area contributed by atoms with E-state index >= 15 is 0 Å². The molecule has 0 aromatic carbocycles. The first-order valence-corrected chi connectivity index (χ1v) is 2.19. The van der Waals surface area contributed by atoms with Gasteiger partial charge in [0.2, 0.25) is 0 Å². The molecule has 0 N–H and O–H groups in total. The van der Waals surface area contributed by atoms with Crippen molar-refractivity contribution < 1.29 is 68.7 Å². The van der Waals surface area contributed by atoms with Crippen molar-refractivity contribution in [3.8, 4) is 0 Å². The standard InChI is InChI=1S/3Ni.H3O4P/c;;;1-5(2,3)4/h;;;(H3,1,2,3,4)/q3*+1;/p-3. The van der Waals surface area contributed by atoms with Crippen molar-refractivity contribution in [1.82, 2.24) is 0 Å². The molecule has 0 amide bonds. The van der Waals surface area contributed by atoms with Crippen molar-refractivity contribution in [2.75, 3.05) is 0 Å². The van der Waals surface area contributed by atoms with E-state index in [-0.39, 0.29) is 49.5 Å². The van der Waals surface area contributed by atoms with Crippen LogP contribution in [0.4, 0.5) is 0 Å². The Morgan fingerprint density at radius 2 is 0.875 bits per heavy atom. The first-order valence-electron chi connectivity index (χ1n) is 0.730. The molecule has 0 saturated heterocycles. The minimum atomic E-state index is -5.39. The second-order valence-corrected chi connectivity index (χ2v) is 1.34. The van der Waals surface area contributed by atoms with Crippen molar-refractivity contribution in [1.29, 1.82) is 0 Å². The molecule has 8 heavy (non-hydrogen) atoms. The Morgan fingerprint density at radius 1 is 0.875 bits per heavy atom. The first-order chi connectivity index (χ1) is 2.00. The number of phosphoric acid groups is 1. The fraction of sp³-hybridized carbons (Fsp3) is 0. The summed E-state index contributed by atoms with van der Waals surface area (Å²) >= 11 is 0. The van der Waals surface area contributed by atoms with Gasteiger partial charge < -0.3 is 19.2 Å². The average molecular weight is 271 g/mol. The van der Waals surface area contributed by atoms with Crippen LogP contribution in [0.5, 0.6) is 0 Å². The maximum absolute atomic E-state index is 8.55. The second kappa shape index (κ2) is 8.59. The SMILES string of the molecule is O=P([O-])([O-])[O-].[Ni+].[Ni+].[Ni+]. The van der Waals surface area contributed by atoms with Gasteiger partial charge in [0.1, 0.15) is 0 Å². The van der Waals surface area contributed by atoms with Crippen molar-refractivity contribution >= 4 is 7.82 Å². The van der Waals surface area contributed by atoms with Gasteiger partial charge in [0.15, 0.2) is 0 Å². The van der Waals surface area contributed by atoms with Crippen LogP contribution in [0.15, 0.2) is 0 Å². The van der Waals surface area contributed by atoms with E-state index in [1.54, 1.807) is 0 Å². The van der Waals surface area contributed by atoms with Crippen molar-refractivity contribution in [3.63, 3.8) is 0 Å².